The van der Waals surface area contributed by atoms with E-state index in [0.717, 1.165) is 25.0 Å². The van der Waals surface area contributed by atoms with Crippen molar-refractivity contribution in [3.8, 4) is 0 Å². The molecule has 0 aromatic rings. The van der Waals surface area contributed by atoms with Crippen LogP contribution in [0.1, 0.15) is 33.1 Å². The van der Waals surface area contributed by atoms with Gasteiger partial charge in [0, 0.05) is 36.3 Å². The maximum Gasteiger partial charge on any atom is 0.0524 e. The lowest BCUT2D eigenvalue weighted by molar-refractivity contribution is 0.199. The second-order valence-corrected chi connectivity index (χ2v) is 6.83. The van der Waals surface area contributed by atoms with E-state index in [1.807, 2.05) is 0 Å². The Balaban J connectivity index is 2.47. The van der Waals surface area contributed by atoms with Crippen molar-refractivity contribution in [3.05, 3.63) is 0 Å². The minimum atomic E-state index is -0.788. The van der Waals surface area contributed by atoms with Crippen molar-refractivity contribution in [2.75, 3.05) is 19.5 Å². The van der Waals surface area contributed by atoms with E-state index in [9.17, 15) is 4.21 Å². The molecule has 16 heavy (non-hydrogen) atoms. The average molecular weight is 247 g/mol. The molecule has 5 atom stereocenters. The Morgan fingerprint density at radius 2 is 2.06 bits per heavy atom. The van der Waals surface area contributed by atoms with Gasteiger partial charge in [0.1, 0.15) is 0 Å². The maximum atomic E-state index is 12.2. The molecule has 0 aromatic carbocycles. The van der Waals surface area contributed by atoms with E-state index in [1.165, 1.54) is 0 Å². The van der Waals surface area contributed by atoms with Crippen LogP contribution in [0.25, 0.3) is 0 Å². The smallest absolute Gasteiger partial charge is 0.0524 e. The quantitative estimate of drug-likeness (QED) is 0.750. The van der Waals surface area contributed by atoms with E-state index in [0.29, 0.717) is 18.4 Å². The molecule has 96 valence electrons. The van der Waals surface area contributed by atoms with Crippen LogP contribution in [0.5, 0.6) is 0 Å². The molecule has 3 nitrogen and oxygen atoms in total. The largest absolute Gasteiger partial charge is 0.385 e. The fourth-order valence-corrected chi connectivity index (χ4v) is 4.63. The highest BCUT2D eigenvalue weighted by Gasteiger charge is 2.35. The van der Waals surface area contributed by atoms with Gasteiger partial charge in [-0.15, -0.1) is 0 Å². The molecule has 2 N–H and O–H groups in total. The predicted octanol–water partition coefficient (Wildman–Crippen LogP) is 1.53. The monoisotopic (exact) mass is 247 g/mol. The van der Waals surface area contributed by atoms with E-state index in [4.69, 9.17) is 10.5 Å². The van der Waals surface area contributed by atoms with Crippen molar-refractivity contribution < 1.29 is 8.95 Å². The standard InChI is InChI=1S/C12H25NO2S/c1-9-7-10(2)12(11(13)8-9)16(14)6-4-5-15-3/h9-12H,4-8,13H2,1-3H3. The Bertz CT molecular complexity index is 223. The summed E-state index contributed by atoms with van der Waals surface area (Å²) in [6.45, 7) is 5.12. The van der Waals surface area contributed by atoms with Crippen LogP contribution < -0.4 is 5.73 Å². The van der Waals surface area contributed by atoms with Gasteiger partial charge in [0.2, 0.25) is 0 Å². The lowest BCUT2D eigenvalue weighted by Gasteiger charge is -2.37. The molecule has 0 heterocycles. The topological polar surface area (TPSA) is 52.3 Å². The van der Waals surface area contributed by atoms with Gasteiger partial charge in [0.25, 0.3) is 0 Å². The molecule has 0 aromatic heterocycles. The molecule has 1 fully saturated rings. The first-order valence-electron chi connectivity index (χ1n) is 6.18. The highest BCUT2D eigenvalue weighted by atomic mass is 32.2. The van der Waals surface area contributed by atoms with Crippen molar-refractivity contribution in [2.45, 2.75) is 44.4 Å². The maximum absolute atomic E-state index is 12.2. The molecule has 1 saturated carbocycles. The molecule has 0 spiro atoms. The lowest BCUT2D eigenvalue weighted by atomic mass is 9.80. The molecule has 1 aliphatic carbocycles. The third kappa shape index (κ3) is 3.82. The SMILES string of the molecule is COCCCS(=O)C1C(C)CC(C)CC1N. The summed E-state index contributed by atoms with van der Waals surface area (Å²) in [6, 6.07) is 0.113. The van der Waals surface area contributed by atoms with Gasteiger partial charge >= 0.3 is 0 Å². The van der Waals surface area contributed by atoms with Gasteiger partial charge in [-0.1, -0.05) is 13.8 Å². The lowest BCUT2D eigenvalue weighted by Crippen LogP contribution is -2.47. The van der Waals surface area contributed by atoms with Crippen molar-refractivity contribution in [1.29, 1.82) is 0 Å². The summed E-state index contributed by atoms with van der Waals surface area (Å²) in [5, 5.41) is 0.188. The number of hydrogen-bond donors (Lipinski definition) is 1. The number of ether oxygens (including phenoxy) is 1. The van der Waals surface area contributed by atoms with Gasteiger partial charge in [0.05, 0.1) is 5.25 Å². The van der Waals surface area contributed by atoms with Crippen molar-refractivity contribution in [1.82, 2.24) is 0 Å². The second-order valence-electron chi connectivity index (χ2n) is 5.11. The Hall–Kier alpha value is 0.0700. The summed E-state index contributed by atoms with van der Waals surface area (Å²) in [7, 11) is 0.892. The van der Waals surface area contributed by atoms with Gasteiger partial charge in [0.15, 0.2) is 0 Å². The second kappa shape index (κ2) is 6.72. The molecule has 4 heteroatoms. The molecular weight excluding hydrogens is 222 g/mol. The summed E-state index contributed by atoms with van der Waals surface area (Å²) >= 11 is 0. The molecule has 1 aliphatic rings. The Morgan fingerprint density at radius 3 is 2.62 bits per heavy atom. The zero-order valence-electron chi connectivity index (χ0n) is 10.6. The fourth-order valence-electron chi connectivity index (χ4n) is 2.82. The van der Waals surface area contributed by atoms with Crippen molar-refractivity contribution >= 4 is 10.8 Å². The van der Waals surface area contributed by atoms with Crippen LogP contribution in [0.4, 0.5) is 0 Å². The van der Waals surface area contributed by atoms with Crippen molar-refractivity contribution in [2.24, 2.45) is 17.6 Å². The molecule has 0 bridgehead atoms. The minimum absolute atomic E-state index is 0.113. The first-order chi connectivity index (χ1) is 7.56. The van der Waals surface area contributed by atoms with E-state index < -0.39 is 10.8 Å². The van der Waals surface area contributed by atoms with E-state index >= 15 is 0 Å². The Kier molecular flexibility index (Phi) is 5.94. The molecule has 0 saturated heterocycles. The molecule has 5 unspecified atom stereocenters. The normalized spacial score (nSPS) is 37.2. The number of methoxy groups -OCH3 is 1. The van der Waals surface area contributed by atoms with E-state index in [-0.39, 0.29) is 11.3 Å². The summed E-state index contributed by atoms with van der Waals surface area (Å²) in [4.78, 5) is 0. The van der Waals surface area contributed by atoms with Gasteiger partial charge in [-0.05, 0) is 31.1 Å². The average Bonchev–Trinajstić information content (AvgIpc) is 2.16. The van der Waals surface area contributed by atoms with Crippen molar-refractivity contribution in [3.63, 3.8) is 0 Å². The Labute approximate surface area is 102 Å². The molecule has 0 radical (unpaired) electrons. The van der Waals surface area contributed by atoms with Gasteiger partial charge in [-0.3, -0.25) is 4.21 Å². The molecule has 0 amide bonds. The van der Waals surface area contributed by atoms with Gasteiger partial charge in [-0.25, -0.2) is 0 Å². The van der Waals surface area contributed by atoms with Gasteiger partial charge in [-0.2, -0.15) is 0 Å². The molecular formula is C12H25NO2S. The zero-order valence-corrected chi connectivity index (χ0v) is 11.5. The number of nitrogens with two attached hydrogens (primary N) is 1. The van der Waals surface area contributed by atoms with Crippen LogP contribution in [0.3, 0.4) is 0 Å². The summed E-state index contributed by atoms with van der Waals surface area (Å²) in [5.41, 5.74) is 6.14. The summed E-state index contributed by atoms with van der Waals surface area (Å²) < 4.78 is 17.2. The van der Waals surface area contributed by atoms with Crippen LogP contribution in [0.15, 0.2) is 0 Å². The third-order valence-electron chi connectivity index (χ3n) is 3.43. The molecule has 0 aliphatic heterocycles. The first kappa shape index (κ1) is 14.1. The number of rotatable bonds is 5. The van der Waals surface area contributed by atoms with Crippen LogP contribution in [-0.4, -0.2) is 35.0 Å². The first-order valence-corrected chi connectivity index (χ1v) is 7.56. The third-order valence-corrected chi connectivity index (χ3v) is 5.54. The summed E-state index contributed by atoms with van der Waals surface area (Å²) in [5.74, 6) is 1.89. The van der Waals surface area contributed by atoms with Crippen LogP contribution in [-0.2, 0) is 15.5 Å². The van der Waals surface area contributed by atoms with Gasteiger partial charge < -0.3 is 10.5 Å². The zero-order chi connectivity index (χ0) is 12.1. The Morgan fingerprint density at radius 1 is 1.38 bits per heavy atom. The van der Waals surface area contributed by atoms with Crippen LogP contribution in [0.2, 0.25) is 0 Å². The predicted molar refractivity (Wildman–Crippen MR) is 68.8 cm³/mol. The molecule has 1 rings (SSSR count). The fraction of sp³-hybridized carbons (Fsp3) is 1.00. The van der Waals surface area contributed by atoms with Crippen LogP contribution in [0, 0.1) is 11.8 Å². The van der Waals surface area contributed by atoms with E-state index in [1.54, 1.807) is 7.11 Å². The minimum Gasteiger partial charge on any atom is -0.385 e. The summed E-state index contributed by atoms with van der Waals surface area (Å²) in [6.07, 6.45) is 3.05. The van der Waals surface area contributed by atoms with E-state index in [2.05, 4.69) is 13.8 Å². The van der Waals surface area contributed by atoms with Crippen LogP contribution >= 0.6 is 0 Å². The highest BCUT2D eigenvalue weighted by molar-refractivity contribution is 7.85. The highest BCUT2D eigenvalue weighted by Crippen LogP contribution is 2.31. The number of hydrogen-bond acceptors (Lipinski definition) is 3.